The molecule has 0 saturated carbocycles. The average molecular weight is 352 g/mol. The molecule has 1 heterocycles. The molecule has 3 aromatic rings. The topological polar surface area (TPSA) is 51.4 Å². The van der Waals surface area contributed by atoms with E-state index in [0.29, 0.717) is 15.9 Å². The summed E-state index contributed by atoms with van der Waals surface area (Å²) in [4.78, 5) is 29.0. The minimum atomic E-state index is -0.292. The van der Waals surface area contributed by atoms with Crippen molar-refractivity contribution < 1.29 is 9.59 Å². The van der Waals surface area contributed by atoms with Crippen LogP contribution in [0.15, 0.2) is 41.4 Å². The van der Waals surface area contributed by atoms with E-state index >= 15 is 0 Å². The van der Waals surface area contributed by atoms with E-state index in [-0.39, 0.29) is 11.7 Å². The van der Waals surface area contributed by atoms with Crippen LogP contribution in [0.5, 0.6) is 0 Å². The van der Waals surface area contributed by atoms with Gasteiger partial charge in [-0.2, -0.15) is 4.99 Å². The smallest absolute Gasteiger partial charge is 0.279 e. The first-order valence-corrected chi connectivity index (χ1v) is 9.03. The summed E-state index contributed by atoms with van der Waals surface area (Å²) in [5.41, 5.74) is 4.59. The van der Waals surface area contributed by atoms with Gasteiger partial charge in [0.15, 0.2) is 10.6 Å². The van der Waals surface area contributed by atoms with E-state index in [1.807, 2.05) is 0 Å². The highest BCUT2D eigenvalue weighted by atomic mass is 32.1. The zero-order valence-corrected chi connectivity index (χ0v) is 15.6. The summed E-state index contributed by atoms with van der Waals surface area (Å²) in [5.74, 6) is -0.311. The average Bonchev–Trinajstić information content (AvgIpc) is 2.97. The van der Waals surface area contributed by atoms with Crippen LogP contribution in [0.4, 0.5) is 0 Å². The van der Waals surface area contributed by atoms with Gasteiger partial charge in [-0.1, -0.05) is 35.6 Å². The van der Waals surface area contributed by atoms with Crippen molar-refractivity contribution >= 4 is 33.2 Å². The summed E-state index contributed by atoms with van der Waals surface area (Å²) >= 11 is 1.54. The number of fused-ring (bicyclic) bond motifs is 1. The molecule has 1 aromatic heterocycles. The molecule has 0 unspecified atom stereocenters. The van der Waals surface area contributed by atoms with Crippen molar-refractivity contribution in [3.8, 4) is 0 Å². The molecule has 0 atom stereocenters. The van der Waals surface area contributed by atoms with Gasteiger partial charge >= 0.3 is 0 Å². The number of carbonyl (C=O) groups excluding carboxylic acids is 2. The Labute approximate surface area is 150 Å². The first kappa shape index (κ1) is 17.3. The highest BCUT2D eigenvalue weighted by Crippen LogP contribution is 2.24. The molecule has 25 heavy (non-hydrogen) atoms. The molecule has 3 rings (SSSR count). The fourth-order valence-electron chi connectivity index (χ4n) is 2.85. The van der Waals surface area contributed by atoms with Gasteiger partial charge in [-0.15, -0.1) is 0 Å². The van der Waals surface area contributed by atoms with Crippen LogP contribution in [-0.2, 0) is 6.54 Å². The second-order valence-electron chi connectivity index (χ2n) is 6.06. The van der Waals surface area contributed by atoms with E-state index in [4.69, 9.17) is 0 Å². The minimum Gasteiger partial charge on any atom is -0.316 e. The predicted molar refractivity (Wildman–Crippen MR) is 101 cm³/mol. The van der Waals surface area contributed by atoms with Gasteiger partial charge in [0.1, 0.15) is 0 Å². The van der Waals surface area contributed by atoms with Crippen molar-refractivity contribution in [3.63, 3.8) is 0 Å². The van der Waals surface area contributed by atoms with Crippen molar-refractivity contribution in [2.24, 2.45) is 4.99 Å². The number of rotatable bonds is 3. The second-order valence-corrected chi connectivity index (χ2v) is 7.03. The molecule has 0 N–H and O–H groups in total. The predicted octanol–water partition coefficient (Wildman–Crippen LogP) is 4.28. The van der Waals surface area contributed by atoms with Crippen molar-refractivity contribution in [1.29, 1.82) is 0 Å². The Morgan fingerprint density at radius 3 is 2.20 bits per heavy atom. The Morgan fingerprint density at radius 1 is 1.00 bits per heavy atom. The van der Waals surface area contributed by atoms with Crippen LogP contribution in [0.3, 0.4) is 0 Å². The van der Waals surface area contributed by atoms with E-state index in [2.05, 4.69) is 42.5 Å². The lowest BCUT2D eigenvalue weighted by molar-refractivity contribution is 0.0991. The molecule has 0 saturated heterocycles. The SMILES string of the molecule is CCn1c(=NC(=O)c2ccc(C(C)=O)cc2)sc2c(C)ccc(C)c21. The molecule has 0 spiro atoms. The molecule has 0 bridgehead atoms. The molecule has 0 aliphatic carbocycles. The van der Waals surface area contributed by atoms with Crippen LogP contribution in [0.25, 0.3) is 10.2 Å². The van der Waals surface area contributed by atoms with E-state index in [9.17, 15) is 9.59 Å². The fraction of sp³-hybridized carbons (Fsp3) is 0.250. The normalized spacial score (nSPS) is 11.9. The number of hydrogen-bond acceptors (Lipinski definition) is 3. The summed E-state index contributed by atoms with van der Waals surface area (Å²) in [6, 6.07) is 10.8. The molecular weight excluding hydrogens is 332 g/mol. The second kappa shape index (κ2) is 6.76. The number of aromatic nitrogens is 1. The van der Waals surface area contributed by atoms with Crippen molar-refractivity contribution in [2.75, 3.05) is 0 Å². The number of ketones is 1. The third kappa shape index (κ3) is 3.20. The third-order valence-electron chi connectivity index (χ3n) is 4.28. The highest BCUT2D eigenvalue weighted by Gasteiger charge is 2.12. The maximum absolute atomic E-state index is 12.6. The highest BCUT2D eigenvalue weighted by molar-refractivity contribution is 7.16. The molecule has 0 radical (unpaired) electrons. The van der Waals surface area contributed by atoms with Crippen LogP contribution >= 0.6 is 11.3 Å². The van der Waals surface area contributed by atoms with Crippen LogP contribution in [0.2, 0.25) is 0 Å². The molecule has 5 heteroatoms. The molecule has 128 valence electrons. The molecule has 0 aliphatic heterocycles. The Hall–Kier alpha value is -2.53. The Balaban J connectivity index is 2.12. The summed E-state index contributed by atoms with van der Waals surface area (Å²) in [5, 5.41) is 0. The van der Waals surface area contributed by atoms with Crippen LogP contribution < -0.4 is 4.80 Å². The van der Waals surface area contributed by atoms with Gasteiger partial charge in [-0.25, -0.2) is 0 Å². The van der Waals surface area contributed by atoms with E-state index < -0.39 is 0 Å². The van der Waals surface area contributed by atoms with E-state index in [1.165, 1.54) is 22.8 Å². The van der Waals surface area contributed by atoms with Crippen molar-refractivity contribution in [3.05, 3.63) is 63.5 Å². The maximum Gasteiger partial charge on any atom is 0.279 e. The summed E-state index contributed by atoms with van der Waals surface area (Å²) < 4.78 is 3.25. The number of benzene rings is 2. The molecule has 0 fully saturated rings. The summed E-state index contributed by atoms with van der Waals surface area (Å²) in [6.07, 6.45) is 0. The number of hydrogen-bond donors (Lipinski definition) is 0. The number of thiazole rings is 1. The van der Waals surface area contributed by atoms with Gasteiger partial charge in [0.25, 0.3) is 5.91 Å². The van der Waals surface area contributed by atoms with Gasteiger partial charge in [0.05, 0.1) is 10.2 Å². The molecule has 2 aromatic carbocycles. The van der Waals surface area contributed by atoms with Gasteiger partial charge in [0.2, 0.25) is 0 Å². The van der Waals surface area contributed by atoms with Crippen molar-refractivity contribution in [1.82, 2.24) is 4.57 Å². The van der Waals surface area contributed by atoms with E-state index in [0.717, 1.165) is 12.1 Å². The molecule has 0 aliphatic rings. The van der Waals surface area contributed by atoms with Crippen LogP contribution in [0.1, 0.15) is 45.7 Å². The Morgan fingerprint density at radius 2 is 1.60 bits per heavy atom. The lowest BCUT2D eigenvalue weighted by Gasteiger charge is -2.04. The van der Waals surface area contributed by atoms with Crippen LogP contribution in [0, 0.1) is 13.8 Å². The van der Waals surface area contributed by atoms with Gasteiger partial charge in [-0.3, -0.25) is 9.59 Å². The minimum absolute atomic E-state index is 0.0183. The third-order valence-corrected chi connectivity index (χ3v) is 5.49. The van der Waals surface area contributed by atoms with Gasteiger partial charge < -0.3 is 4.57 Å². The molecule has 1 amide bonds. The number of nitrogens with zero attached hydrogens (tertiary/aromatic N) is 2. The monoisotopic (exact) mass is 352 g/mol. The lowest BCUT2D eigenvalue weighted by atomic mass is 10.1. The largest absolute Gasteiger partial charge is 0.316 e. The lowest BCUT2D eigenvalue weighted by Crippen LogP contribution is -2.16. The standard InChI is InChI=1S/C20H20N2O2S/c1-5-22-17-12(2)6-7-13(3)18(17)25-20(22)21-19(24)16-10-8-15(9-11-16)14(4)23/h6-11H,5H2,1-4H3. The molecular formula is C20H20N2O2S. The maximum atomic E-state index is 12.6. The zero-order valence-electron chi connectivity index (χ0n) is 14.8. The van der Waals surface area contributed by atoms with Crippen molar-refractivity contribution in [2.45, 2.75) is 34.2 Å². The summed E-state index contributed by atoms with van der Waals surface area (Å²) in [6.45, 7) is 8.46. The number of Topliss-reactive ketones (excluding diaryl/α,β-unsaturated/α-hetero) is 1. The quantitative estimate of drug-likeness (QED) is 0.661. The summed E-state index contributed by atoms with van der Waals surface area (Å²) in [7, 11) is 0. The first-order valence-electron chi connectivity index (χ1n) is 8.22. The number of carbonyl (C=O) groups is 2. The molecule has 4 nitrogen and oxygen atoms in total. The fourth-order valence-corrected chi connectivity index (χ4v) is 4.09. The Bertz CT molecular complexity index is 1040. The first-order chi connectivity index (χ1) is 11.9. The Kier molecular flexibility index (Phi) is 4.68. The zero-order chi connectivity index (χ0) is 18.1. The van der Waals surface area contributed by atoms with Gasteiger partial charge in [0, 0.05) is 17.7 Å². The van der Waals surface area contributed by atoms with Gasteiger partial charge in [-0.05, 0) is 51.0 Å². The van der Waals surface area contributed by atoms with E-state index in [1.54, 1.807) is 35.6 Å². The van der Waals surface area contributed by atoms with Crippen LogP contribution in [-0.4, -0.2) is 16.3 Å². The number of amides is 1. The number of aryl methyl sites for hydroxylation is 3.